The van der Waals surface area contributed by atoms with Gasteiger partial charge in [0.25, 0.3) is 0 Å². The van der Waals surface area contributed by atoms with E-state index in [-0.39, 0.29) is 5.92 Å². The van der Waals surface area contributed by atoms with Crippen molar-refractivity contribution in [3.8, 4) is 0 Å². The van der Waals surface area contributed by atoms with Crippen molar-refractivity contribution in [3.63, 3.8) is 0 Å². The van der Waals surface area contributed by atoms with Crippen molar-refractivity contribution < 1.29 is 5.11 Å². The van der Waals surface area contributed by atoms with Crippen molar-refractivity contribution >= 4 is 11.6 Å². The summed E-state index contributed by atoms with van der Waals surface area (Å²) in [4.78, 5) is 8.57. The maximum Gasteiger partial charge on any atom is 0.135 e. The molecule has 0 radical (unpaired) electrons. The summed E-state index contributed by atoms with van der Waals surface area (Å²) < 4.78 is 0. The molecular formula is C13H24N4O. The zero-order valence-corrected chi connectivity index (χ0v) is 11.7. The molecule has 4 N–H and O–H groups in total. The van der Waals surface area contributed by atoms with Gasteiger partial charge in [-0.25, -0.2) is 9.97 Å². The number of aromatic nitrogens is 2. The second kappa shape index (κ2) is 6.00. The predicted molar refractivity (Wildman–Crippen MR) is 74.6 cm³/mol. The third-order valence-corrected chi connectivity index (χ3v) is 3.19. The first-order chi connectivity index (χ1) is 8.40. The van der Waals surface area contributed by atoms with E-state index in [0.717, 1.165) is 0 Å². The molecule has 0 aromatic carbocycles. The Bertz CT molecular complexity index is 389. The lowest BCUT2D eigenvalue weighted by molar-refractivity contribution is 0.0456. The van der Waals surface area contributed by atoms with Gasteiger partial charge in [0.2, 0.25) is 0 Å². The van der Waals surface area contributed by atoms with E-state index in [0.29, 0.717) is 36.8 Å². The maximum atomic E-state index is 10.2. The molecule has 0 spiro atoms. The number of nitrogen functional groups attached to an aromatic ring is 1. The van der Waals surface area contributed by atoms with Gasteiger partial charge in [0.15, 0.2) is 0 Å². The van der Waals surface area contributed by atoms with E-state index in [2.05, 4.69) is 15.3 Å². The molecule has 0 bridgehead atoms. The van der Waals surface area contributed by atoms with Crippen molar-refractivity contribution in [2.24, 2.45) is 0 Å². The van der Waals surface area contributed by atoms with Gasteiger partial charge in [0, 0.05) is 18.5 Å². The summed E-state index contributed by atoms with van der Waals surface area (Å²) in [5.41, 5.74) is 5.05. The van der Waals surface area contributed by atoms with Gasteiger partial charge in [0.1, 0.15) is 17.5 Å². The lowest BCUT2D eigenvalue weighted by Gasteiger charge is -2.25. The van der Waals surface area contributed by atoms with Crippen molar-refractivity contribution in [2.45, 2.75) is 52.1 Å². The molecule has 18 heavy (non-hydrogen) atoms. The fourth-order valence-corrected chi connectivity index (χ4v) is 1.59. The Labute approximate surface area is 109 Å². The van der Waals surface area contributed by atoms with E-state index in [1.165, 1.54) is 0 Å². The second-order valence-corrected chi connectivity index (χ2v) is 4.98. The first-order valence-electron chi connectivity index (χ1n) is 6.51. The standard InChI is InChI=1S/C13H24N4O/c1-5-13(18,6-2)8-15-11-7-10(14)16-12(17-11)9(3)4/h7,9,18H,5-6,8H2,1-4H3,(H3,14,15,16,17). The lowest BCUT2D eigenvalue weighted by atomic mass is 9.98. The second-order valence-electron chi connectivity index (χ2n) is 4.98. The van der Waals surface area contributed by atoms with Gasteiger partial charge in [-0.3, -0.25) is 0 Å². The number of nitrogens with one attached hydrogen (secondary N) is 1. The van der Waals surface area contributed by atoms with Crippen LogP contribution in [0, 0.1) is 0 Å². The molecule has 1 aromatic heterocycles. The van der Waals surface area contributed by atoms with E-state index < -0.39 is 5.60 Å². The van der Waals surface area contributed by atoms with Gasteiger partial charge in [-0.05, 0) is 12.8 Å². The van der Waals surface area contributed by atoms with Gasteiger partial charge in [-0.15, -0.1) is 0 Å². The zero-order chi connectivity index (χ0) is 13.8. The summed E-state index contributed by atoms with van der Waals surface area (Å²) in [5.74, 6) is 2.07. The molecule has 1 aromatic rings. The molecule has 0 saturated carbocycles. The Hall–Kier alpha value is -1.36. The summed E-state index contributed by atoms with van der Waals surface area (Å²) >= 11 is 0. The molecule has 5 nitrogen and oxygen atoms in total. The smallest absolute Gasteiger partial charge is 0.135 e. The van der Waals surface area contributed by atoms with E-state index in [1.807, 2.05) is 27.7 Å². The third-order valence-electron chi connectivity index (χ3n) is 3.19. The van der Waals surface area contributed by atoms with Crippen LogP contribution in [0.3, 0.4) is 0 Å². The fraction of sp³-hybridized carbons (Fsp3) is 0.692. The van der Waals surface area contributed by atoms with Crippen LogP contribution >= 0.6 is 0 Å². The molecule has 1 rings (SSSR count). The van der Waals surface area contributed by atoms with Crippen LogP contribution in [0.4, 0.5) is 11.6 Å². The van der Waals surface area contributed by atoms with Crippen LogP contribution in [0.15, 0.2) is 6.07 Å². The van der Waals surface area contributed by atoms with Crippen molar-refractivity contribution in [1.29, 1.82) is 0 Å². The lowest BCUT2D eigenvalue weighted by Crippen LogP contribution is -2.35. The minimum atomic E-state index is -0.697. The molecule has 0 aliphatic heterocycles. The van der Waals surface area contributed by atoms with E-state index in [9.17, 15) is 5.11 Å². The molecule has 0 fully saturated rings. The Kier molecular flexibility index (Phi) is 4.90. The molecule has 0 aliphatic rings. The molecule has 0 amide bonds. The van der Waals surface area contributed by atoms with Crippen molar-refractivity contribution in [1.82, 2.24) is 9.97 Å². The van der Waals surface area contributed by atoms with Crippen LogP contribution in [0.1, 0.15) is 52.3 Å². The highest BCUT2D eigenvalue weighted by atomic mass is 16.3. The highest BCUT2D eigenvalue weighted by molar-refractivity contribution is 5.45. The van der Waals surface area contributed by atoms with Crippen LogP contribution < -0.4 is 11.1 Å². The van der Waals surface area contributed by atoms with E-state index in [1.54, 1.807) is 6.07 Å². The summed E-state index contributed by atoms with van der Waals surface area (Å²) in [6.45, 7) is 8.45. The van der Waals surface area contributed by atoms with Gasteiger partial charge in [-0.1, -0.05) is 27.7 Å². The molecule has 0 saturated heterocycles. The van der Waals surface area contributed by atoms with Gasteiger partial charge in [-0.2, -0.15) is 0 Å². The summed E-state index contributed by atoms with van der Waals surface area (Å²) in [6, 6.07) is 1.69. The Morgan fingerprint density at radius 1 is 1.33 bits per heavy atom. The van der Waals surface area contributed by atoms with Gasteiger partial charge >= 0.3 is 0 Å². The van der Waals surface area contributed by atoms with E-state index in [4.69, 9.17) is 5.73 Å². The third kappa shape index (κ3) is 3.84. The van der Waals surface area contributed by atoms with Crippen LogP contribution in [0.5, 0.6) is 0 Å². The number of anilines is 2. The zero-order valence-electron chi connectivity index (χ0n) is 11.7. The number of nitrogens with two attached hydrogens (primary N) is 1. The largest absolute Gasteiger partial charge is 0.388 e. The maximum absolute atomic E-state index is 10.2. The Morgan fingerprint density at radius 2 is 1.94 bits per heavy atom. The number of rotatable bonds is 6. The molecular weight excluding hydrogens is 228 g/mol. The number of aliphatic hydroxyl groups is 1. The topological polar surface area (TPSA) is 84.1 Å². The fourth-order valence-electron chi connectivity index (χ4n) is 1.59. The summed E-state index contributed by atoms with van der Waals surface area (Å²) in [5, 5.41) is 13.3. The highest BCUT2D eigenvalue weighted by Gasteiger charge is 2.22. The molecule has 5 heteroatoms. The minimum Gasteiger partial charge on any atom is -0.388 e. The number of nitrogens with zero attached hydrogens (tertiary/aromatic N) is 2. The number of hydrogen-bond donors (Lipinski definition) is 3. The average molecular weight is 252 g/mol. The van der Waals surface area contributed by atoms with Crippen LogP contribution in [-0.2, 0) is 0 Å². The van der Waals surface area contributed by atoms with Crippen LogP contribution in [0.25, 0.3) is 0 Å². The summed E-state index contributed by atoms with van der Waals surface area (Å²) in [6.07, 6.45) is 1.40. The summed E-state index contributed by atoms with van der Waals surface area (Å²) in [7, 11) is 0. The van der Waals surface area contributed by atoms with Crippen LogP contribution in [0.2, 0.25) is 0 Å². The quantitative estimate of drug-likeness (QED) is 0.722. The minimum absolute atomic E-state index is 0.227. The predicted octanol–water partition coefficient (Wildman–Crippen LogP) is 2.15. The van der Waals surface area contributed by atoms with E-state index >= 15 is 0 Å². The molecule has 1 heterocycles. The first-order valence-corrected chi connectivity index (χ1v) is 6.51. The Morgan fingerprint density at radius 3 is 2.44 bits per heavy atom. The van der Waals surface area contributed by atoms with Crippen LogP contribution in [-0.4, -0.2) is 27.2 Å². The van der Waals surface area contributed by atoms with Gasteiger partial charge in [0.05, 0.1) is 5.60 Å². The van der Waals surface area contributed by atoms with Crippen molar-refractivity contribution in [2.75, 3.05) is 17.6 Å². The molecule has 102 valence electrons. The Balaban J connectivity index is 2.79. The van der Waals surface area contributed by atoms with Gasteiger partial charge < -0.3 is 16.2 Å². The molecule has 0 atom stereocenters. The molecule has 0 unspecified atom stereocenters. The normalized spacial score (nSPS) is 11.9. The first kappa shape index (κ1) is 14.7. The highest BCUT2D eigenvalue weighted by Crippen LogP contribution is 2.18. The van der Waals surface area contributed by atoms with Crippen molar-refractivity contribution in [3.05, 3.63) is 11.9 Å². The SMILES string of the molecule is CCC(O)(CC)CNc1cc(N)nc(C(C)C)n1. The average Bonchev–Trinajstić information content (AvgIpc) is 2.35. The number of hydrogen-bond acceptors (Lipinski definition) is 5. The monoisotopic (exact) mass is 252 g/mol. The molecule has 0 aliphatic carbocycles.